The fourth-order valence-corrected chi connectivity index (χ4v) is 16.1. The van der Waals surface area contributed by atoms with Crippen LogP contribution in [0.4, 0.5) is 0 Å². The van der Waals surface area contributed by atoms with E-state index in [1.165, 1.54) is 4.90 Å². The van der Waals surface area contributed by atoms with E-state index in [0.29, 0.717) is 59.5 Å². The molecule has 5 saturated heterocycles. The van der Waals surface area contributed by atoms with E-state index in [4.69, 9.17) is 99.5 Å². The molecule has 6 aliphatic rings. The molecule has 19 atom stereocenters. The molecule has 36 nitrogen and oxygen atoms in total. The minimum atomic E-state index is -1.75. The van der Waals surface area contributed by atoms with Crippen molar-refractivity contribution in [3.05, 3.63) is 203 Å². The number of nitrogens with one attached hydrogen (secondary N) is 1. The number of unbranched alkanes of at least 4 members (excludes halogenated alkanes) is 2. The summed E-state index contributed by atoms with van der Waals surface area (Å²) in [5, 5.41) is 69.4. The van der Waals surface area contributed by atoms with Gasteiger partial charge in [0.25, 0.3) is 0 Å². The highest BCUT2D eigenvalue weighted by Crippen LogP contribution is 2.45. The molecule has 13 rings (SSSR count). The summed E-state index contributed by atoms with van der Waals surface area (Å²) in [4.78, 5) is 57.5. The number of nitrogens with zero attached hydrogens (tertiary/aromatic N) is 5. The average Bonchev–Trinajstić information content (AvgIpc) is 1.57. The van der Waals surface area contributed by atoms with Crippen LogP contribution < -0.4 is 33.7 Å². The van der Waals surface area contributed by atoms with E-state index < -0.39 is 129 Å². The Kier molecular flexibility index (Phi) is 37.4. The van der Waals surface area contributed by atoms with Gasteiger partial charge < -0.3 is 135 Å². The van der Waals surface area contributed by atoms with Crippen molar-refractivity contribution in [1.82, 2.24) is 30.1 Å². The minimum absolute atomic E-state index is 0.00390. The SMILES string of the molecule is COc1ccc(COC[C@H]2O[C@H](OCCOCCNC(=O)CCC(=O)N(CCCCCN3C(=O)C4C(C3=O)[C@H]3C=C[C@@H]4O3)Cc3cn(CCOCCO[C@H]4O[C@H](CO)[C@@H](O)[C@H](O)[C@@H]4O[C@H]4O[C@H](COCc5ccc(OC)cc5)[C@@H](OCc5ccc(OC)cc5)[C@H](OCc5ccc(OC)cc5)[C@@H]4O)nn3)[C@@H](O)[C@@H](OCc3ccc(OC)cc3)[C@@H]2OCc2ccc(OC)cc2)cc1. The maximum absolute atomic E-state index is 14.3. The molecule has 36 heteroatoms. The van der Waals surface area contributed by atoms with Crippen LogP contribution in [-0.4, -0.2) is 300 Å². The summed E-state index contributed by atoms with van der Waals surface area (Å²) < 4.78 is 128. The molecule has 2 unspecified atom stereocenters. The van der Waals surface area contributed by atoms with Gasteiger partial charge >= 0.3 is 0 Å². The average molecular weight is 1810 g/mol. The summed E-state index contributed by atoms with van der Waals surface area (Å²) in [6.07, 6.45) is -13.5. The number of aliphatic hydroxyl groups excluding tert-OH is 5. The summed E-state index contributed by atoms with van der Waals surface area (Å²) >= 11 is 0. The smallest absolute Gasteiger partial charge is 0.236 e. The predicted molar refractivity (Wildman–Crippen MR) is 460 cm³/mol. The molecular weight excluding hydrogens is 1690 g/mol. The Morgan fingerprint density at radius 3 is 1.31 bits per heavy atom. The van der Waals surface area contributed by atoms with Gasteiger partial charge in [0.15, 0.2) is 18.9 Å². The monoisotopic (exact) mass is 1810 g/mol. The van der Waals surface area contributed by atoms with Crippen molar-refractivity contribution in [1.29, 1.82) is 0 Å². The number of carbonyl (C=O) groups excluding carboxylic acids is 4. The maximum Gasteiger partial charge on any atom is 0.236 e. The second kappa shape index (κ2) is 49.7. The van der Waals surface area contributed by atoms with Gasteiger partial charge in [-0.05, 0) is 125 Å². The second-order valence-electron chi connectivity index (χ2n) is 32.1. The van der Waals surface area contributed by atoms with E-state index in [0.717, 1.165) is 33.4 Å². The first-order valence-corrected chi connectivity index (χ1v) is 43.8. The molecule has 4 amide bonds. The Hall–Kier alpha value is -9.72. The van der Waals surface area contributed by atoms with Crippen molar-refractivity contribution in [3.8, 4) is 34.5 Å². The molecule has 6 aromatic carbocycles. The number of ether oxygens (including phenoxy) is 21. The molecule has 5 fully saturated rings. The predicted octanol–water partition coefficient (Wildman–Crippen LogP) is 5.50. The first-order valence-electron chi connectivity index (χ1n) is 43.8. The number of imide groups is 1. The van der Waals surface area contributed by atoms with Crippen molar-refractivity contribution < 1.29 is 144 Å². The van der Waals surface area contributed by atoms with Gasteiger partial charge in [0.2, 0.25) is 23.6 Å². The number of benzene rings is 6. The lowest BCUT2D eigenvalue weighted by Crippen LogP contribution is -2.65. The van der Waals surface area contributed by atoms with E-state index in [-0.39, 0.29) is 156 Å². The number of methoxy groups -OCH3 is 6. The Morgan fingerprint density at radius 1 is 0.423 bits per heavy atom. The zero-order chi connectivity index (χ0) is 91.3. The lowest BCUT2D eigenvalue weighted by molar-refractivity contribution is -0.373. The van der Waals surface area contributed by atoms with Crippen molar-refractivity contribution in [2.75, 3.05) is 122 Å². The van der Waals surface area contributed by atoms with Crippen LogP contribution >= 0.6 is 0 Å². The summed E-state index contributed by atoms with van der Waals surface area (Å²) in [5.41, 5.74) is 5.34. The molecule has 2 bridgehead atoms. The zero-order valence-electron chi connectivity index (χ0n) is 73.9. The molecular formula is C94H120N6O30. The van der Waals surface area contributed by atoms with Gasteiger partial charge in [-0.25, -0.2) is 4.68 Å². The third kappa shape index (κ3) is 26.8. The lowest BCUT2D eigenvalue weighted by Gasteiger charge is -2.47. The molecule has 6 N–H and O–H groups in total. The molecule has 0 radical (unpaired) electrons. The summed E-state index contributed by atoms with van der Waals surface area (Å²) in [5.74, 6) is 1.77. The molecule has 1 aromatic heterocycles. The van der Waals surface area contributed by atoms with Crippen LogP contribution in [0.2, 0.25) is 0 Å². The second-order valence-corrected chi connectivity index (χ2v) is 32.1. The topological polar surface area (TPSA) is 412 Å². The van der Waals surface area contributed by atoms with Crippen LogP contribution in [-0.2, 0) is 143 Å². The number of hydrogen-bond donors (Lipinski definition) is 6. The van der Waals surface area contributed by atoms with Crippen molar-refractivity contribution >= 4 is 23.6 Å². The summed E-state index contributed by atoms with van der Waals surface area (Å²) in [6, 6.07) is 44.1. The van der Waals surface area contributed by atoms with Crippen LogP contribution in [0, 0.1) is 11.8 Å². The number of aliphatic hydroxyl groups is 5. The fraction of sp³-hybridized carbons (Fsp3) is 0.532. The molecule has 7 aromatic rings. The number of aromatic nitrogens is 3. The molecule has 130 heavy (non-hydrogen) atoms. The lowest BCUT2D eigenvalue weighted by atomic mass is 9.85. The van der Waals surface area contributed by atoms with Crippen molar-refractivity contribution in [3.63, 3.8) is 0 Å². The van der Waals surface area contributed by atoms with E-state index >= 15 is 0 Å². The first kappa shape index (κ1) is 97.8. The Bertz CT molecular complexity index is 4590. The van der Waals surface area contributed by atoms with Gasteiger partial charge in [-0.1, -0.05) is 90.2 Å². The summed E-state index contributed by atoms with van der Waals surface area (Å²) in [7, 11) is 9.48. The fourth-order valence-electron chi connectivity index (χ4n) is 16.1. The number of amides is 4. The third-order valence-corrected chi connectivity index (χ3v) is 23.4. The maximum atomic E-state index is 14.3. The van der Waals surface area contributed by atoms with Gasteiger partial charge in [-0.15, -0.1) is 5.10 Å². The standard InChI is InChI=1S/C94H120N6O30/c1-110-66-22-10-59(11-23-66)51-118-57-75-85(122-53-61-14-26-68(112-3)27-15-61)87(124-55-63-18-30-70(114-5)31-19-63)83(106)92(128-75)120-46-44-116-42-38-95-77(102)36-37-78(103)98(39-8-7-9-40-100-90(108)79-72-34-35-73(126-72)80(79)91(100)109)48-65-49-99(97-96-65)41-43-117-45-47-121-94-89(82(105)81(104)74(50-101)127-94)130-93-84(107)88(125-56-64-20-32-71(115-6)33-21-64)86(123-54-62-16-28-69(113-4)29-17-62)76(129-93)58-119-52-60-12-24-67(111-2)25-13-60/h10-35,49,72-76,79-89,92-94,101,104-107H,7-9,36-48,50-58H2,1-6H3,(H,95,102)/t72-,73+,74-,75-,76-,79?,80?,81-,82+,83+,84+,85-,86-,87-,88-,89+,92+,93-,94+/m1/s1. The number of fused-ring (bicyclic) bond motifs is 5. The van der Waals surface area contributed by atoms with Crippen molar-refractivity contribution in [2.24, 2.45) is 11.8 Å². The number of rotatable bonds is 54. The van der Waals surface area contributed by atoms with Crippen LogP contribution in [0.1, 0.15) is 71.2 Å². The minimum Gasteiger partial charge on any atom is -0.497 e. The van der Waals surface area contributed by atoms with E-state index in [1.807, 2.05) is 133 Å². The number of likely N-dealkylation sites (tertiary alicyclic amines) is 1. The molecule has 6 aliphatic heterocycles. The molecule has 0 aliphatic carbocycles. The Balaban J connectivity index is 0.595. The van der Waals surface area contributed by atoms with Crippen LogP contribution in [0.3, 0.4) is 0 Å². The highest BCUT2D eigenvalue weighted by atomic mass is 16.8. The molecule has 706 valence electrons. The highest BCUT2D eigenvalue weighted by Gasteiger charge is 2.61. The van der Waals surface area contributed by atoms with Gasteiger partial charge in [-0.3, -0.25) is 24.1 Å². The summed E-state index contributed by atoms with van der Waals surface area (Å²) in [6.45, 7) is 0.713. The third-order valence-electron chi connectivity index (χ3n) is 23.4. The Labute approximate surface area is 754 Å². The van der Waals surface area contributed by atoms with E-state index in [9.17, 15) is 44.7 Å². The van der Waals surface area contributed by atoms with Crippen molar-refractivity contribution in [2.45, 2.75) is 189 Å². The van der Waals surface area contributed by atoms with Gasteiger partial charge in [-0.2, -0.15) is 0 Å². The zero-order valence-corrected chi connectivity index (χ0v) is 73.9. The quantitative estimate of drug-likeness (QED) is 0.0156. The normalized spacial score (nSPS) is 25.7. The Morgan fingerprint density at radius 2 is 0.846 bits per heavy atom. The highest BCUT2D eigenvalue weighted by molar-refractivity contribution is 6.06. The molecule has 7 heterocycles. The van der Waals surface area contributed by atoms with E-state index in [1.54, 1.807) is 82.7 Å². The van der Waals surface area contributed by atoms with Crippen LogP contribution in [0.15, 0.2) is 164 Å². The first-order chi connectivity index (χ1) is 63.4. The van der Waals surface area contributed by atoms with Gasteiger partial charge in [0.1, 0.15) is 113 Å². The van der Waals surface area contributed by atoms with Gasteiger partial charge in [0, 0.05) is 32.5 Å². The number of carbonyl (C=O) groups is 4. The number of hydrogen-bond acceptors (Lipinski definition) is 32. The molecule has 0 saturated carbocycles. The van der Waals surface area contributed by atoms with Crippen LogP contribution in [0.5, 0.6) is 34.5 Å². The van der Waals surface area contributed by atoms with Gasteiger partial charge in [0.05, 0.1) is 185 Å². The van der Waals surface area contributed by atoms with E-state index in [2.05, 4.69) is 15.6 Å². The van der Waals surface area contributed by atoms with Crippen LogP contribution in [0.25, 0.3) is 0 Å². The molecule has 0 spiro atoms. The largest absolute Gasteiger partial charge is 0.497 e.